The molecule has 3 aliphatic rings. The largest absolute Gasteiger partial charge is 0.417 e. The lowest BCUT2D eigenvalue weighted by Gasteiger charge is -2.36. The van der Waals surface area contributed by atoms with E-state index in [9.17, 15) is 18.0 Å². The molecule has 176 valence electrons. The molecule has 5 nitrogen and oxygen atoms in total. The molecule has 5 rings (SSSR count). The van der Waals surface area contributed by atoms with Crippen LogP contribution in [0.2, 0.25) is 0 Å². The summed E-state index contributed by atoms with van der Waals surface area (Å²) in [5, 5.41) is 0. The normalized spacial score (nSPS) is 22.5. The third kappa shape index (κ3) is 4.71. The number of piperidine rings is 1. The van der Waals surface area contributed by atoms with Crippen LogP contribution in [0.1, 0.15) is 47.6 Å². The fourth-order valence-electron chi connectivity index (χ4n) is 5.48. The van der Waals surface area contributed by atoms with Crippen LogP contribution >= 0.6 is 0 Å². The Labute approximate surface area is 192 Å². The van der Waals surface area contributed by atoms with Gasteiger partial charge in [0, 0.05) is 50.5 Å². The molecule has 0 spiro atoms. The highest BCUT2D eigenvalue weighted by molar-refractivity contribution is 5.75. The number of amides is 2. The molecule has 3 aliphatic heterocycles. The number of aromatic nitrogens is 1. The zero-order valence-electron chi connectivity index (χ0n) is 18.6. The van der Waals surface area contributed by atoms with Gasteiger partial charge in [0.05, 0.1) is 5.56 Å². The standard InChI is InChI=1S/C25H29F3N4O/c26-25(27,28)21-14-20-16-31(13-9-23(20)29-15-21)24(33)32-12-8-22(17-32)30-10-6-19(7-11-30)18-4-2-1-3-5-18/h1-5,14-15,19,22H,6-13,16-17H2. The van der Waals surface area contributed by atoms with E-state index in [4.69, 9.17) is 0 Å². The summed E-state index contributed by atoms with van der Waals surface area (Å²) in [5.74, 6) is 0.602. The van der Waals surface area contributed by atoms with Gasteiger partial charge in [-0.2, -0.15) is 13.2 Å². The molecule has 8 heteroatoms. The van der Waals surface area contributed by atoms with Gasteiger partial charge in [-0.1, -0.05) is 30.3 Å². The number of hydrogen-bond donors (Lipinski definition) is 0. The molecule has 2 amide bonds. The average molecular weight is 459 g/mol. The van der Waals surface area contributed by atoms with Crippen molar-refractivity contribution in [2.24, 2.45) is 0 Å². The highest BCUT2D eigenvalue weighted by Crippen LogP contribution is 2.32. The molecule has 33 heavy (non-hydrogen) atoms. The van der Waals surface area contributed by atoms with E-state index in [1.54, 1.807) is 4.90 Å². The Morgan fingerprint density at radius 3 is 2.45 bits per heavy atom. The van der Waals surface area contributed by atoms with E-state index in [0.29, 0.717) is 49.3 Å². The molecule has 4 heterocycles. The van der Waals surface area contributed by atoms with Crippen molar-refractivity contribution < 1.29 is 18.0 Å². The number of pyridine rings is 1. The van der Waals surface area contributed by atoms with E-state index in [0.717, 1.165) is 44.6 Å². The van der Waals surface area contributed by atoms with Crippen molar-refractivity contribution >= 4 is 6.03 Å². The molecule has 0 radical (unpaired) electrons. The molecular weight excluding hydrogens is 429 g/mol. The maximum Gasteiger partial charge on any atom is 0.417 e. The first-order valence-electron chi connectivity index (χ1n) is 11.8. The van der Waals surface area contributed by atoms with Gasteiger partial charge in [0.1, 0.15) is 0 Å². The van der Waals surface area contributed by atoms with Gasteiger partial charge < -0.3 is 9.80 Å². The van der Waals surface area contributed by atoms with Crippen LogP contribution in [0, 0.1) is 0 Å². The van der Waals surface area contributed by atoms with Crippen molar-refractivity contribution in [3.05, 3.63) is 65.0 Å². The second-order valence-corrected chi connectivity index (χ2v) is 9.39. The summed E-state index contributed by atoms with van der Waals surface area (Å²) in [6.45, 7) is 4.15. The van der Waals surface area contributed by atoms with Crippen molar-refractivity contribution in [2.75, 3.05) is 32.7 Å². The topological polar surface area (TPSA) is 39.7 Å². The van der Waals surface area contributed by atoms with E-state index in [-0.39, 0.29) is 12.6 Å². The predicted octanol–water partition coefficient (Wildman–Crippen LogP) is 4.53. The maximum atomic E-state index is 13.1. The molecule has 2 saturated heterocycles. The van der Waals surface area contributed by atoms with Gasteiger partial charge in [0.2, 0.25) is 0 Å². The number of likely N-dealkylation sites (tertiary alicyclic amines) is 2. The summed E-state index contributed by atoms with van der Waals surface area (Å²) < 4.78 is 39.2. The fourth-order valence-corrected chi connectivity index (χ4v) is 5.48. The summed E-state index contributed by atoms with van der Waals surface area (Å²) in [5.41, 5.74) is 1.82. The monoisotopic (exact) mass is 458 g/mol. The number of carbonyl (C=O) groups is 1. The quantitative estimate of drug-likeness (QED) is 0.664. The van der Waals surface area contributed by atoms with Gasteiger partial charge in [-0.25, -0.2) is 4.79 Å². The van der Waals surface area contributed by atoms with Crippen LogP contribution in [-0.4, -0.2) is 64.5 Å². The Hall–Kier alpha value is -2.61. The van der Waals surface area contributed by atoms with Crippen molar-refractivity contribution in [2.45, 2.75) is 50.4 Å². The molecule has 1 atom stereocenters. The van der Waals surface area contributed by atoms with E-state index < -0.39 is 11.7 Å². The first-order chi connectivity index (χ1) is 15.9. The minimum Gasteiger partial charge on any atom is -0.323 e. The minimum atomic E-state index is -4.43. The van der Waals surface area contributed by atoms with Crippen LogP contribution in [0.4, 0.5) is 18.0 Å². The third-order valence-electron chi connectivity index (χ3n) is 7.39. The van der Waals surface area contributed by atoms with Crippen LogP contribution in [0.25, 0.3) is 0 Å². The molecule has 1 aromatic carbocycles. The lowest BCUT2D eigenvalue weighted by molar-refractivity contribution is -0.137. The Bertz CT molecular complexity index is 989. The van der Waals surface area contributed by atoms with Gasteiger partial charge in [-0.05, 0) is 55.5 Å². The fraction of sp³-hybridized carbons (Fsp3) is 0.520. The molecule has 1 aromatic heterocycles. The number of rotatable bonds is 2. The molecule has 0 bridgehead atoms. The maximum absolute atomic E-state index is 13.1. The summed E-state index contributed by atoms with van der Waals surface area (Å²) in [6, 6.07) is 12.1. The van der Waals surface area contributed by atoms with Crippen LogP contribution in [-0.2, 0) is 19.1 Å². The summed E-state index contributed by atoms with van der Waals surface area (Å²) in [7, 11) is 0. The van der Waals surface area contributed by atoms with Gasteiger partial charge in [0.15, 0.2) is 0 Å². The summed E-state index contributed by atoms with van der Waals surface area (Å²) in [4.78, 5) is 23.2. The zero-order valence-corrected chi connectivity index (χ0v) is 18.6. The lowest BCUT2D eigenvalue weighted by atomic mass is 9.89. The van der Waals surface area contributed by atoms with E-state index >= 15 is 0 Å². The molecule has 0 N–H and O–H groups in total. The highest BCUT2D eigenvalue weighted by atomic mass is 19.4. The number of benzene rings is 1. The molecule has 0 saturated carbocycles. The van der Waals surface area contributed by atoms with Crippen LogP contribution in [0.3, 0.4) is 0 Å². The predicted molar refractivity (Wildman–Crippen MR) is 119 cm³/mol. The van der Waals surface area contributed by atoms with Crippen LogP contribution in [0.15, 0.2) is 42.6 Å². The van der Waals surface area contributed by atoms with Gasteiger partial charge >= 0.3 is 12.2 Å². The first kappa shape index (κ1) is 22.2. The summed E-state index contributed by atoms with van der Waals surface area (Å²) >= 11 is 0. The number of nitrogens with zero attached hydrogens (tertiary/aromatic N) is 4. The molecule has 1 unspecified atom stereocenters. The Morgan fingerprint density at radius 2 is 1.73 bits per heavy atom. The molecule has 2 fully saturated rings. The van der Waals surface area contributed by atoms with Crippen LogP contribution in [0.5, 0.6) is 0 Å². The second kappa shape index (κ2) is 8.97. The van der Waals surface area contributed by atoms with E-state index in [1.165, 1.54) is 5.56 Å². The second-order valence-electron chi connectivity index (χ2n) is 9.39. The first-order valence-corrected chi connectivity index (χ1v) is 11.8. The number of halogens is 3. The SMILES string of the molecule is O=C(N1CCc2ncc(C(F)(F)F)cc2C1)N1CCC(N2CCC(c3ccccc3)CC2)C1. The van der Waals surface area contributed by atoms with E-state index in [1.807, 2.05) is 4.90 Å². The Kier molecular flexibility index (Phi) is 6.03. The Morgan fingerprint density at radius 1 is 0.970 bits per heavy atom. The minimum absolute atomic E-state index is 0.0697. The van der Waals surface area contributed by atoms with Crippen LogP contribution < -0.4 is 0 Å². The third-order valence-corrected chi connectivity index (χ3v) is 7.39. The van der Waals surface area contributed by atoms with E-state index in [2.05, 4.69) is 40.2 Å². The zero-order chi connectivity index (χ0) is 23.0. The summed E-state index contributed by atoms with van der Waals surface area (Å²) in [6.07, 6.45) is 0.167. The Balaban J connectivity index is 1.16. The van der Waals surface area contributed by atoms with Crippen molar-refractivity contribution in [3.63, 3.8) is 0 Å². The number of hydrogen-bond acceptors (Lipinski definition) is 3. The molecule has 0 aliphatic carbocycles. The highest BCUT2D eigenvalue weighted by Gasteiger charge is 2.36. The smallest absolute Gasteiger partial charge is 0.323 e. The van der Waals surface area contributed by atoms with Crippen molar-refractivity contribution in [1.82, 2.24) is 19.7 Å². The average Bonchev–Trinajstić information content (AvgIpc) is 3.33. The molecule has 2 aromatic rings. The lowest BCUT2D eigenvalue weighted by Crippen LogP contribution is -2.47. The van der Waals surface area contributed by atoms with Gasteiger partial charge in [-0.15, -0.1) is 0 Å². The van der Waals surface area contributed by atoms with Crippen molar-refractivity contribution in [3.8, 4) is 0 Å². The number of urea groups is 1. The molecular formula is C25H29F3N4O. The van der Waals surface area contributed by atoms with Gasteiger partial charge in [-0.3, -0.25) is 9.88 Å². The number of carbonyl (C=O) groups excluding carboxylic acids is 1. The van der Waals surface area contributed by atoms with Crippen molar-refractivity contribution in [1.29, 1.82) is 0 Å². The number of alkyl halides is 3. The van der Waals surface area contributed by atoms with Gasteiger partial charge in [0.25, 0.3) is 0 Å². The number of fused-ring (bicyclic) bond motifs is 1.